The third-order valence-corrected chi connectivity index (χ3v) is 2.43. The van der Waals surface area contributed by atoms with Gasteiger partial charge < -0.3 is 15.6 Å². The Bertz CT molecular complexity index is 468. The molecule has 2 aromatic carbocycles. The summed E-state index contributed by atoms with van der Waals surface area (Å²) in [4.78, 5) is 0. The largest absolute Gasteiger partial charge is 0.508 e. The number of halogens is 1. The van der Waals surface area contributed by atoms with Gasteiger partial charge in [-0.3, -0.25) is 0 Å². The molecule has 3 N–H and O–H groups in total. The van der Waals surface area contributed by atoms with Crippen LogP contribution in [0.5, 0.6) is 17.2 Å². The van der Waals surface area contributed by atoms with Crippen LogP contribution >= 0.6 is 12.4 Å². The van der Waals surface area contributed by atoms with E-state index in [9.17, 15) is 0 Å². The maximum absolute atomic E-state index is 9.15. The summed E-state index contributed by atoms with van der Waals surface area (Å²) in [7, 11) is 0. The lowest BCUT2D eigenvalue weighted by atomic mass is 10.1. The first kappa shape index (κ1) is 14.4. The van der Waals surface area contributed by atoms with Crippen LogP contribution in [0, 0.1) is 0 Å². The summed E-state index contributed by atoms with van der Waals surface area (Å²) in [6, 6.07) is 14.5. The van der Waals surface area contributed by atoms with Crippen molar-refractivity contribution in [2.75, 3.05) is 6.54 Å². The maximum atomic E-state index is 9.15. The Morgan fingerprint density at radius 2 is 1.39 bits per heavy atom. The van der Waals surface area contributed by atoms with Gasteiger partial charge in [-0.05, 0) is 54.9 Å². The third-order valence-electron chi connectivity index (χ3n) is 2.43. The molecular weight excluding hydrogens is 250 g/mol. The monoisotopic (exact) mass is 265 g/mol. The number of hydrogen-bond acceptors (Lipinski definition) is 3. The molecule has 0 saturated carbocycles. The summed E-state index contributed by atoms with van der Waals surface area (Å²) < 4.78 is 5.62. The van der Waals surface area contributed by atoms with Gasteiger partial charge in [-0.25, -0.2) is 0 Å². The van der Waals surface area contributed by atoms with Crippen LogP contribution in [-0.4, -0.2) is 11.7 Å². The number of phenolic OH excluding ortho intramolecular Hbond substituents is 1. The van der Waals surface area contributed by atoms with Crippen LogP contribution < -0.4 is 10.5 Å². The van der Waals surface area contributed by atoms with Gasteiger partial charge in [0.2, 0.25) is 0 Å². The second kappa shape index (κ2) is 6.89. The van der Waals surface area contributed by atoms with Crippen LogP contribution in [0.3, 0.4) is 0 Å². The minimum Gasteiger partial charge on any atom is -0.508 e. The Morgan fingerprint density at radius 1 is 0.889 bits per heavy atom. The fourth-order valence-corrected chi connectivity index (χ4v) is 1.54. The van der Waals surface area contributed by atoms with Crippen molar-refractivity contribution in [1.29, 1.82) is 0 Å². The normalized spacial score (nSPS) is 9.61. The zero-order chi connectivity index (χ0) is 12.1. The van der Waals surface area contributed by atoms with E-state index in [4.69, 9.17) is 15.6 Å². The highest BCUT2D eigenvalue weighted by molar-refractivity contribution is 5.85. The summed E-state index contributed by atoms with van der Waals surface area (Å²) >= 11 is 0. The number of nitrogens with two attached hydrogens (primary N) is 1. The molecule has 0 atom stereocenters. The Hall–Kier alpha value is -1.71. The topological polar surface area (TPSA) is 55.5 Å². The average Bonchev–Trinajstić information content (AvgIpc) is 2.35. The summed E-state index contributed by atoms with van der Waals surface area (Å²) in [6.45, 7) is 0.651. The van der Waals surface area contributed by atoms with Gasteiger partial charge in [0.25, 0.3) is 0 Å². The molecule has 0 spiro atoms. The number of ether oxygens (including phenoxy) is 1. The van der Waals surface area contributed by atoms with E-state index in [2.05, 4.69) is 0 Å². The highest BCUT2D eigenvalue weighted by atomic mass is 35.5. The minimum absolute atomic E-state index is 0. The van der Waals surface area contributed by atoms with Crippen molar-refractivity contribution in [3.8, 4) is 17.2 Å². The molecule has 2 rings (SSSR count). The number of rotatable bonds is 4. The first-order valence-corrected chi connectivity index (χ1v) is 5.54. The van der Waals surface area contributed by atoms with E-state index in [-0.39, 0.29) is 18.2 Å². The van der Waals surface area contributed by atoms with Crippen molar-refractivity contribution in [3.63, 3.8) is 0 Å². The van der Waals surface area contributed by atoms with E-state index in [1.54, 1.807) is 24.3 Å². The Morgan fingerprint density at radius 3 is 1.89 bits per heavy atom. The third kappa shape index (κ3) is 3.95. The fraction of sp³-hybridized carbons (Fsp3) is 0.143. The van der Waals surface area contributed by atoms with Gasteiger partial charge in [0, 0.05) is 0 Å². The lowest BCUT2D eigenvalue weighted by molar-refractivity contribution is 0.464. The molecule has 0 bridgehead atoms. The summed E-state index contributed by atoms with van der Waals surface area (Å²) in [5.74, 6) is 1.71. The maximum Gasteiger partial charge on any atom is 0.127 e. The molecule has 0 heterocycles. The molecule has 96 valence electrons. The molecular formula is C14H16ClNO2. The lowest BCUT2D eigenvalue weighted by Crippen LogP contribution is -2.02. The van der Waals surface area contributed by atoms with E-state index in [1.165, 1.54) is 5.56 Å². The van der Waals surface area contributed by atoms with Crippen molar-refractivity contribution in [3.05, 3.63) is 54.1 Å². The van der Waals surface area contributed by atoms with Crippen LogP contribution in [0.1, 0.15) is 5.56 Å². The van der Waals surface area contributed by atoms with Crippen LogP contribution in [0.2, 0.25) is 0 Å². The first-order valence-electron chi connectivity index (χ1n) is 5.54. The molecule has 0 aromatic heterocycles. The predicted molar refractivity (Wildman–Crippen MR) is 74.6 cm³/mol. The average molecular weight is 266 g/mol. The van der Waals surface area contributed by atoms with Gasteiger partial charge in [0.05, 0.1) is 0 Å². The van der Waals surface area contributed by atoms with Gasteiger partial charge in [0.15, 0.2) is 0 Å². The first-order chi connectivity index (χ1) is 8.28. The lowest BCUT2D eigenvalue weighted by Gasteiger charge is -2.06. The molecule has 3 nitrogen and oxygen atoms in total. The molecule has 0 fully saturated rings. The van der Waals surface area contributed by atoms with Crippen molar-refractivity contribution in [2.45, 2.75) is 6.42 Å². The summed E-state index contributed by atoms with van der Waals surface area (Å²) in [6.07, 6.45) is 0.874. The molecule has 2 aromatic rings. The number of benzene rings is 2. The standard InChI is InChI=1S/C14H15NO2.ClH/c15-10-9-11-1-5-13(6-2-11)17-14-7-3-12(16)4-8-14;/h1-8,16H,9-10,15H2;1H. The molecule has 4 heteroatoms. The van der Waals surface area contributed by atoms with E-state index < -0.39 is 0 Å². The molecule has 0 radical (unpaired) electrons. The molecule has 0 unspecified atom stereocenters. The van der Waals surface area contributed by atoms with E-state index >= 15 is 0 Å². The van der Waals surface area contributed by atoms with E-state index in [0.717, 1.165) is 12.2 Å². The zero-order valence-corrected chi connectivity index (χ0v) is 10.7. The predicted octanol–water partition coefficient (Wildman–Crippen LogP) is 3.11. The molecule has 18 heavy (non-hydrogen) atoms. The molecule has 0 aliphatic rings. The number of aromatic hydroxyl groups is 1. The second-order valence-electron chi connectivity index (χ2n) is 3.78. The van der Waals surface area contributed by atoms with Crippen LogP contribution in [0.15, 0.2) is 48.5 Å². The quantitative estimate of drug-likeness (QED) is 0.893. The summed E-state index contributed by atoms with van der Waals surface area (Å²) in [5, 5.41) is 9.15. The van der Waals surface area contributed by atoms with Gasteiger partial charge in [0.1, 0.15) is 17.2 Å². The summed E-state index contributed by atoms with van der Waals surface area (Å²) in [5.41, 5.74) is 6.68. The Labute approximate surface area is 113 Å². The van der Waals surface area contributed by atoms with Crippen molar-refractivity contribution in [2.24, 2.45) is 5.73 Å². The van der Waals surface area contributed by atoms with Gasteiger partial charge in [-0.2, -0.15) is 0 Å². The van der Waals surface area contributed by atoms with Crippen molar-refractivity contribution >= 4 is 12.4 Å². The Kier molecular flexibility index (Phi) is 5.49. The van der Waals surface area contributed by atoms with Crippen LogP contribution in [0.25, 0.3) is 0 Å². The molecule has 0 aliphatic carbocycles. The SMILES string of the molecule is Cl.NCCc1ccc(Oc2ccc(O)cc2)cc1. The van der Waals surface area contributed by atoms with Crippen LogP contribution in [-0.2, 0) is 6.42 Å². The Balaban J connectivity index is 0.00000162. The van der Waals surface area contributed by atoms with Gasteiger partial charge in [-0.1, -0.05) is 12.1 Å². The second-order valence-corrected chi connectivity index (χ2v) is 3.78. The molecule has 0 amide bonds. The number of phenols is 1. The minimum atomic E-state index is 0. The van der Waals surface area contributed by atoms with Crippen molar-refractivity contribution in [1.82, 2.24) is 0 Å². The highest BCUT2D eigenvalue weighted by Crippen LogP contribution is 2.23. The van der Waals surface area contributed by atoms with Gasteiger partial charge in [-0.15, -0.1) is 12.4 Å². The van der Waals surface area contributed by atoms with E-state index in [0.29, 0.717) is 12.3 Å². The smallest absolute Gasteiger partial charge is 0.127 e. The van der Waals surface area contributed by atoms with Crippen LogP contribution in [0.4, 0.5) is 0 Å². The van der Waals surface area contributed by atoms with E-state index in [1.807, 2.05) is 24.3 Å². The fourth-order valence-electron chi connectivity index (χ4n) is 1.54. The zero-order valence-electron chi connectivity index (χ0n) is 9.87. The molecule has 0 aliphatic heterocycles. The van der Waals surface area contributed by atoms with Crippen molar-refractivity contribution < 1.29 is 9.84 Å². The van der Waals surface area contributed by atoms with Gasteiger partial charge >= 0.3 is 0 Å². The highest BCUT2D eigenvalue weighted by Gasteiger charge is 1.98. The number of hydrogen-bond donors (Lipinski definition) is 2. The molecule has 0 saturated heterocycles.